The van der Waals surface area contributed by atoms with Crippen LogP contribution in [0.3, 0.4) is 0 Å². The van der Waals surface area contributed by atoms with Gasteiger partial charge in [-0.2, -0.15) is 10.2 Å². The number of H-pyrrole nitrogens is 1. The Balaban J connectivity index is 2.79. The molecular weight excluding hydrogens is 216 g/mol. The summed E-state index contributed by atoms with van der Waals surface area (Å²) in [4.78, 5) is 11.7. The van der Waals surface area contributed by atoms with Gasteiger partial charge in [-0.3, -0.25) is 4.79 Å². The summed E-state index contributed by atoms with van der Waals surface area (Å²) < 4.78 is 1.66. The summed E-state index contributed by atoms with van der Waals surface area (Å²) in [5.74, 6) is 0.983. The number of hydrogen-bond acceptors (Lipinski definition) is 3. The van der Waals surface area contributed by atoms with Crippen molar-refractivity contribution in [2.45, 2.75) is 46.0 Å². The van der Waals surface area contributed by atoms with Gasteiger partial charge in [-0.15, -0.1) is 0 Å². The standard InChI is InChI=1S/C12H18N4O/c1-7(2)10-13-14-11(17)8-6-9(12(3,4)5)15-16(8)10/h6-7H,1-5H3,(H,14,17). The summed E-state index contributed by atoms with van der Waals surface area (Å²) >= 11 is 0. The van der Waals surface area contributed by atoms with Crippen molar-refractivity contribution in [2.24, 2.45) is 0 Å². The van der Waals surface area contributed by atoms with Crippen LogP contribution in [0.4, 0.5) is 0 Å². The molecule has 0 atom stereocenters. The molecule has 0 fully saturated rings. The predicted octanol–water partition coefficient (Wildman–Crippen LogP) is 1.84. The maximum absolute atomic E-state index is 11.7. The molecule has 92 valence electrons. The zero-order valence-corrected chi connectivity index (χ0v) is 10.9. The van der Waals surface area contributed by atoms with Gasteiger partial charge >= 0.3 is 0 Å². The van der Waals surface area contributed by atoms with E-state index in [-0.39, 0.29) is 16.9 Å². The highest BCUT2D eigenvalue weighted by Gasteiger charge is 2.20. The molecule has 0 radical (unpaired) electrons. The van der Waals surface area contributed by atoms with Gasteiger partial charge in [-0.05, 0) is 6.07 Å². The maximum atomic E-state index is 11.7. The third-order valence-corrected chi connectivity index (χ3v) is 2.72. The summed E-state index contributed by atoms with van der Waals surface area (Å²) in [6.45, 7) is 10.3. The average molecular weight is 234 g/mol. The molecule has 0 aliphatic carbocycles. The van der Waals surface area contributed by atoms with E-state index in [2.05, 4.69) is 36.1 Å². The first-order valence-corrected chi connectivity index (χ1v) is 5.79. The van der Waals surface area contributed by atoms with E-state index in [1.165, 1.54) is 0 Å². The van der Waals surface area contributed by atoms with Crippen molar-refractivity contribution in [2.75, 3.05) is 0 Å². The molecule has 0 unspecified atom stereocenters. The summed E-state index contributed by atoms with van der Waals surface area (Å²) in [7, 11) is 0. The molecule has 5 nitrogen and oxygen atoms in total. The molecule has 0 amide bonds. The Hall–Kier alpha value is -1.65. The van der Waals surface area contributed by atoms with Crippen molar-refractivity contribution in [1.82, 2.24) is 19.8 Å². The Labute approximate surface area is 99.9 Å². The van der Waals surface area contributed by atoms with Crippen LogP contribution < -0.4 is 5.56 Å². The quantitative estimate of drug-likeness (QED) is 0.818. The summed E-state index contributed by atoms with van der Waals surface area (Å²) in [6.07, 6.45) is 0. The fraction of sp³-hybridized carbons (Fsp3) is 0.583. The van der Waals surface area contributed by atoms with Crippen LogP contribution in [0.15, 0.2) is 10.9 Å². The molecule has 17 heavy (non-hydrogen) atoms. The predicted molar refractivity (Wildman–Crippen MR) is 66.4 cm³/mol. The first-order valence-electron chi connectivity index (χ1n) is 5.79. The highest BCUT2D eigenvalue weighted by Crippen LogP contribution is 2.22. The minimum Gasteiger partial charge on any atom is -0.266 e. The van der Waals surface area contributed by atoms with Gasteiger partial charge in [0.2, 0.25) is 0 Å². The van der Waals surface area contributed by atoms with Crippen molar-refractivity contribution in [3.05, 3.63) is 27.9 Å². The van der Waals surface area contributed by atoms with Gasteiger partial charge in [0.25, 0.3) is 5.56 Å². The van der Waals surface area contributed by atoms with Gasteiger partial charge < -0.3 is 0 Å². The Bertz CT molecular complexity index is 601. The van der Waals surface area contributed by atoms with Crippen LogP contribution in [0.1, 0.15) is 52.1 Å². The summed E-state index contributed by atoms with van der Waals surface area (Å²) in [6, 6.07) is 1.84. The minimum absolute atomic E-state index is 0.0767. The smallest absolute Gasteiger partial charge is 0.266 e. The fourth-order valence-corrected chi connectivity index (χ4v) is 1.67. The Kier molecular flexibility index (Phi) is 2.56. The zero-order chi connectivity index (χ0) is 12.8. The monoisotopic (exact) mass is 234 g/mol. The summed E-state index contributed by atoms with van der Waals surface area (Å²) in [5, 5.41) is 11.1. The van der Waals surface area contributed by atoms with Crippen LogP contribution in [-0.4, -0.2) is 19.8 Å². The molecule has 2 rings (SSSR count). The molecule has 5 heteroatoms. The van der Waals surface area contributed by atoms with E-state index in [1.54, 1.807) is 4.52 Å². The lowest BCUT2D eigenvalue weighted by Gasteiger charge is -2.13. The van der Waals surface area contributed by atoms with Crippen molar-refractivity contribution in [3.8, 4) is 0 Å². The summed E-state index contributed by atoms with van der Waals surface area (Å²) in [5.41, 5.74) is 1.19. The van der Waals surface area contributed by atoms with E-state index < -0.39 is 0 Å². The molecule has 2 aromatic heterocycles. The zero-order valence-electron chi connectivity index (χ0n) is 10.9. The molecule has 2 aromatic rings. The number of hydrogen-bond donors (Lipinski definition) is 1. The van der Waals surface area contributed by atoms with E-state index in [1.807, 2.05) is 19.9 Å². The second-order valence-electron chi connectivity index (χ2n) is 5.64. The normalized spacial score (nSPS) is 12.6. The lowest BCUT2D eigenvalue weighted by molar-refractivity contribution is 0.555. The van der Waals surface area contributed by atoms with Gasteiger partial charge in [-0.25, -0.2) is 9.61 Å². The van der Waals surface area contributed by atoms with Gasteiger partial charge in [0, 0.05) is 11.3 Å². The Morgan fingerprint density at radius 1 is 1.35 bits per heavy atom. The van der Waals surface area contributed by atoms with Crippen molar-refractivity contribution in [3.63, 3.8) is 0 Å². The van der Waals surface area contributed by atoms with Crippen LogP contribution in [0.5, 0.6) is 0 Å². The van der Waals surface area contributed by atoms with E-state index >= 15 is 0 Å². The van der Waals surface area contributed by atoms with Gasteiger partial charge in [0.05, 0.1) is 5.69 Å². The molecule has 2 heterocycles. The first-order chi connectivity index (χ1) is 7.80. The van der Waals surface area contributed by atoms with Crippen LogP contribution in [-0.2, 0) is 5.41 Å². The van der Waals surface area contributed by atoms with Gasteiger partial charge in [0.15, 0.2) is 5.82 Å². The Morgan fingerprint density at radius 3 is 2.53 bits per heavy atom. The second kappa shape index (κ2) is 3.68. The largest absolute Gasteiger partial charge is 0.290 e. The molecule has 1 N–H and O–H groups in total. The highest BCUT2D eigenvalue weighted by molar-refractivity contribution is 5.46. The topological polar surface area (TPSA) is 63.0 Å². The number of aromatic amines is 1. The number of rotatable bonds is 1. The molecule has 0 saturated carbocycles. The molecular formula is C12H18N4O. The minimum atomic E-state index is -0.197. The average Bonchev–Trinajstić information content (AvgIpc) is 2.62. The number of fused-ring (bicyclic) bond motifs is 1. The highest BCUT2D eigenvalue weighted by atomic mass is 16.1. The van der Waals surface area contributed by atoms with Gasteiger partial charge in [-0.1, -0.05) is 34.6 Å². The van der Waals surface area contributed by atoms with Crippen molar-refractivity contribution in [1.29, 1.82) is 0 Å². The number of nitrogens with one attached hydrogen (secondary N) is 1. The van der Waals surface area contributed by atoms with Crippen molar-refractivity contribution < 1.29 is 0 Å². The maximum Gasteiger partial charge on any atom is 0.290 e. The van der Waals surface area contributed by atoms with E-state index in [0.717, 1.165) is 11.5 Å². The Morgan fingerprint density at radius 2 is 2.00 bits per heavy atom. The molecule has 0 bridgehead atoms. The SMILES string of the molecule is CC(C)c1n[nH]c(=O)c2cc(C(C)(C)C)nn12. The first kappa shape index (κ1) is 11.8. The van der Waals surface area contributed by atoms with Gasteiger partial charge in [0.1, 0.15) is 5.52 Å². The number of aromatic nitrogens is 4. The number of nitrogens with zero attached hydrogens (tertiary/aromatic N) is 3. The molecule has 0 spiro atoms. The van der Waals surface area contributed by atoms with E-state index in [9.17, 15) is 4.79 Å². The lowest BCUT2D eigenvalue weighted by atomic mass is 9.92. The molecule has 0 aliphatic heterocycles. The fourth-order valence-electron chi connectivity index (χ4n) is 1.67. The van der Waals surface area contributed by atoms with Crippen LogP contribution in [0.2, 0.25) is 0 Å². The third kappa shape index (κ3) is 1.97. The lowest BCUT2D eigenvalue weighted by Crippen LogP contribution is -2.17. The molecule has 0 saturated heterocycles. The molecule has 0 aliphatic rings. The second-order valence-corrected chi connectivity index (χ2v) is 5.64. The van der Waals surface area contributed by atoms with E-state index in [4.69, 9.17) is 0 Å². The van der Waals surface area contributed by atoms with Crippen molar-refractivity contribution >= 4 is 5.52 Å². The van der Waals surface area contributed by atoms with E-state index in [0.29, 0.717) is 5.52 Å². The van der Waals surface area contributed by atoms with Crippen LogP contribution in [0, 0.1) is 0 Å². The molecule has 0 aromatic carbocycles. The van der Waals surface area contributed by atoms with Crippen LogP contribution in [0.25, 0.3) is 5.52 Å². The van der Waals surface area contributed by atoms with Crippen LogP contribution >= 0.6 is 0 Å². The third-order valence-electron chi connectivity index (χ3n) is 2.72.